The van der Waals surface area contributed by atoms with Crippen molar-refractivity contribution in [3.05, 3.63) is 69.7 Å². The smallest absolute Gasteiger partial charge is 0.261 e. The second kappa shape index (κ2) is 9.33. The Labute approximate surface area is 179 Å². The van der Waals surface area contributed by atoms with Crippen molar-refractivity contribution in [2.75, 3.05) is 27.2 Å². The molecule has 6 nitrogen and oxygen atoms in total. The molecule has 1 heterocycles. The fraction of sp³-hybridized carbons (Fsp3) is 0.318. The van der Waals surface area contributed by atoms with Gasteiger partial charge in [0.1, 0.15) is 0 Å². The number of benzene rings is 2. The summed E-state index contributed by atoms with van der Waals surface area (Å²) in [6, 6.07) is 14.8. The summed E-state index contributed by atoms with van der Waals surface area (Å²) in [4.78, 5) is 40.7. The molecule has 1 aliphatic rings. The molecule has 0 saturated carbocycles. The number of hydrogen-bond acceptors (Lipinski definition) is 4. The number of carbonyl (C=O) groups is 3. The van der Waals surface area contributed by atoms with Gasteiger partial charge in [-0.2, -0.15) is 0 Å². The Kier molecular flexibility index (Phi) is 6.82. The molecule has 29 heavy (non-hydrogen) atoms. The summed E-state index contributed by atoms with van der Waals surface area (Å²) >= 11 is 3.32. The first kappa shape index (κ1) is 21.2. The Bertz CT molecular complexity index is 915. The summed E-state index contributed by atoms with van der Waals surface area (Å²) in [5.41, 5.74) is 1.86. The molecular formula is C22H24BrN3O3. The van der Waals surface area contributed by atoms with Gasteiger partial charge in [0, 0.05) is 24.0 Å². The molecule has 0 aromatic heterocycles. The van der Waals surface area contributed by atoms with Crippen molar-refractivity contribution >= 4 is 33.7 Å². The zero-order chi connectivity index (χ0) is 21.0. The summed E-state index contributed by atoms with van der Waals surface area (Å²) in [6.45, 7) is 0.907. The lowest BCUT2D eigenvalue weighted by Gasteiger charge is -2.23. The zero-order valence-electron chi connectivity index (χ0n) is 16.5. The first-order chi connectivity index (χ1) is 13.9. The fourth-order valence-electron chi connectivity index (χ4n) is 3.42. The van der Waals surface area contributed by atoms with Crippen molar-refractivity contribution in [1.82, 2.24) is 15.1 Å². The van der Waals surface area contributed by atoms with Crippen molar-refractivity contribution in [3.8, 4) is 0 Å². The van der Waals surface area contributed by atoms with Crippen LogP contribution in [0.5, 0.6) is 0 Å². The van der Waals surface area contributed by atoms with Crippen LogP contribution in [-0.2, 0) is 4.79 Å². The summed E-state index contributed by atoms with van der Waals surface area (Å²) in [6.07, 6.45) is 0.663. The highest BCUT2D eigenvalue weighted by molar-refractivity contribution is 9.10. The minimum Gasteiger partial charge on any atom is -0.348 e. The van der Waals surface area contributed by atoms with Gasteiger partial charge in [-0.05, 0) is 44.3 Å². The maximum atomic E-state index is 12.5. The fourth-order valence-corrected chi connectivity index (χ4v) is 3.78. The van der Waals surface area contributed by atoms with Crippen molar-refractivity contribution < 1.29 is 14.4 Å². The van der Waals surface area contributed by atoms with Gasteiger partial charge in [0.05, 0.1) is 17.2 Å². The van der Waals surface area contributed by atoms with Crippen LogP contribution in [0.15, 0.2) is 53.0 Å². The Morgan fingerprint density at radius 2 is 1.76 bits per heavy atom. The molecule has 0 aliphatic carbocycles. The van der Waals surface area contributed by atoms with Crippen LogP contribution in [0.25, 0.3) is 0 Å². The number of nitrogens with one attached hydrogen (secondary N) is 1. The Hall–Kier alpha value is -2.51. The highest BCUT2D eigenvalue weighted by atomic mass is 79.9. The predicted molar refractivity (Wildman–Crippen MR) is 115 cm³/mol. The van der Waals surface area contributed by atoms with Gasteiger partial charge in [0.15, 0.2) is 0 Å². The number of likely N-dealkylation sites (N-methyl/N-ethyl adjacent to an activating group) is 1. The summed E-state index contributed by atoms with van der Waals surface area (Å²) < 4.78 is 0.756. The van der Waals surface area contributed by atoms with Gasteiger partial charge in [-0.3, -0.25) is 19.3 Å². The molecule has 1 aliphatic heterocycles. The minimum absolute atomic E-state index is 0.0972. The standard InChI is InChI=1S/C22H24BrN3O3/c1-25(2)14-19(15-7-4-3-5-8-15)24-20(27)9-6-12-26-21(28)17-11-10-16(23)13-18(17)22(26)29/h3-5,7-8,10-11,13,19H,6,9,12,14H2,1-2H3,(H,24,27). The Morgan fingerprint density at radius 1 is 1.07 bits per heavy atom. The molecule has 0 radical (unpaired) electrons. The van der Waals surface area contributed by atoms with E-state index in [4.69, 9.17) is 0 Å². The number of hydrogen-bond donors (Lipinski definition) is 1. The van der Waals surface area contributed by atoms with Gasteiger partial charge in [0.2, 0.25) is 5.91 Å². The SMILES string of the molecule is CN(C)CC(NC(=O)CCCN1C(=O)c2ccc(Br)cc2C1=O)c1ccccc1. The molecule has 0 bridgehead atoms. The molecule has 0 fully saturated rings. The van der Waals surface area contributed by atoms with Gasteiger partial charge in [-0.25, -0.2) is 0 Å². The molecular weight excluding hydrogens is 434 g/mol. The molecule has 3 amide bonds. The molecule has 1 N–H and O–H groups in total. The third-order valence-electron chi connectivity index (χ3n) is 4.80. The lowest BCUT2D eigenvalue weighted by Crippen LogP contribution is -2.36. The topological polar surface area (TPSA) is 69.7 Å². The summed E-state index contributed by atoms with van der Waals surface area (Å²) in [5.74, 6) is -0.700. The zero-order valence-corrected chi connectivity index (χ0v) is 18.1. The van der Waals surface area contributed by atoms with E-state index in [0.717, 1.165) is 10.0 Å². The molecule has 2 aromatic rings. The van der Waals surface area contributed by atoms with Crippen LogP contribution in [0.3, 0.4) is 0 Å². The van der Waals surface area contributed by atoms with E-state index in [-0.39, 0.29) is 36.7 Å². The maximum Gasteiger partial charge on any atom is 0.261 e. The molecule has 1 unspecified atom stereocenters. The first-order valence-electron chi connectivity index (χ1n) is 9.51. The van der Waals surface area contributed by atoms with E-state index in [1.807, 2.05) is 49.3 Å². The van der Waals surface area contributed by atoms with E-state index >= 15 is 0 Å². The van der Waals surface area contributed by atoms with Gasteiger partial charge in [-0.1, -0.05) is 46.3 Å². The Morgan fingerprint density at radius 3 is 2.45 bits per heavy atom. The van der Waals surface area contributed by atoms with Gasteiger partial charge in [-0.15, -0.1) is 0 Å². The molecule has 3 rings (SSSR count). The highest BCUT2D eigenvalue weighted by Gasteiger charge is 2.35. The molecule has 152 valence electrons. The van der Waals surface area contributed by atoms with Crippen LogP contribution in [0, 0.1) is 0 Å². The monoisotopic (exact) mass is 457 g/mol. The van der Waals surface area contributed by atoms with Gasteiger partial charge >= 0.3 is 0 Å². The van der Waals surface area contributed by atoms with Crippen molar-refractivity contribution in [2.45, 2.75) is 18.9 Å². The minimum atomic E-state index is -0.304. The van der Waals surface area contributed by atoms with Crippen LogP contribution < -0.4 is 5.32 Å². The summed E-state index contributed by atoms with van der Waals surface area (Å²) in [5, 5.41) is 3.06. The predicted octanol–water partition coefficient (Wildman–Crippen LogP) is 3.24. The second-order valence-electron chi connectivity index (χ2n) is 7.35. The number of nitrogens with zero attached hydrogens (tertiary/aromatic N) is 2. The van der Waals surface area contributed by atoms with Crippen molar-refractivity contribution in [3.63, 3.8) is 0 Å². The van der Waals surface area contributed by atoms with Crippen LogP contribution in [-0.4, -0.2) is 54.7 Å². The molecule has 2 aromatic carbocycles. The number of halogens is 1. The highest BCUT2D eigenvalue weighted by Crippen LogP contribution is 2.26. The lowest BCUT2D eigenvalue weighted by atomic mass is 10.1. The number of carbonyl (C=O) groups excluding carboxylic acids is 3. The van der Waals surface area contributed by atoms with E-state index in [0.29, 0.717) is 24.1 Å². The van der Waals surface area contributed by atoms with Crippen molar-refractivity contribution in [1.29, 1.82) is 0 Å². The van der Waals surface area contributed by atoms with Gasteiger partial charge in [0.25, 0.3) is 11.8 Å². The average Bonchev–Trinajstić information content (AvgIpc) is 2.92. The van der Waals surface area contributed by atoms with Crippen molar-refractivity contribution in [2.24, 2.45) is 0 Å². The number of imide groups is 1. The van der Waals surface area contributed by atoms with E-state index in [2.05, 4.69) is 21.2 Å². The van der Waals surface area contributed by atoms with E-state index in [9.17, 15) is 14.4 Å². The lowest BCUT2D eigenvalue weighted by molar-refractivity contribution is -0.122. The Balaban J connectivity index is 1.55. The van der Waals surface area contributed by atoms with Crippen LogP contribution in [0.4, 0.5) is 0 Å². The average molecular weight is 458 g/mol. The quantitative estimate of drug-likeness (QED) is 0.617. The first-order valence-corrected chi connectivity index (χ1v) is 10.3. The van der Waals surface area contributed by atoms with Crippen LogP contribution in [0.1, 0.15) is 45.2 Å². The normalized spacial score (nSPS) is 14.3. The molecule has 0 spiro atoms. The van der Waals surface area contributed by atoms with E-state index in [1.165, 1.54) is 4.90 Å². The van der Waals surface area contributed by atoms with Crippen LogP contribution >= 0.6 is 15.9 Å². The molecule has 7 heteroatoms. The molecule has 1 atom stereocenters. The number of fused-ring (bicyclic) bond motifs is 1. The number of amides is 3. The van der Waals surface area contributed by atoms with Crippen LogP contribution in [0.2, 0.25) is 0 Å². The largest absolute Gasteiger partial charge is 0.348 e. The number of rotatable bonds is 8. The van der Waals surface area contributed by atoms with E-state index < -0.39 is 0 Å². The molecule has 0 saturated heterocycles. The maximum absolute atomic E-state index is 12.5. The second-order valence-corrected chi connectivity index (χ2v) is 8.26. The van der Waals surface area contributed by atoms with E-state index in [1.54, 1.807) is 18.2 Å². The summed E-state index contributed by atoms with van der Waals surface area (Å²) in [7, 11) is 3.92. The third-order valence-corrected chi connectivity index (χ3v) is 5.30. The van der Waals surface area contributed by atoms with Gasteiger partial charge < -0.3 is 10.2 Å². The third kappa shape index (κ3) is 5.10.